The molecule has 6 amide bonds. The molecular weight excluding hydrogens is 1120 g/mol. The van der Waals surface area contributed by atoms with E-state index >= 15 is 0 Å². The number of unbranched alkanes of at least 4 members (excludes halogenated alkanes) is 1. The Bertz CT molecular complexity index is 2680. The van der Waals surface area contributed by atoms with E-state index in [1.165, 1.54) is 20.9 Å². The van der Waals surface area contributed by atoms with Crippen LogP contribution in [0.5, 0.6) is 0 Å². The first-order valence-corrected chi connectivity index (χ1v) is 29.3. The minimum atomic E-state index is -1.89. The summed E-state index contributed by atoms with van der Waals surface area (Å²) < 4.78 is 46.8. The number of carbonyl (C=O) groups excluding carboxylic acids is 6. The summed E-state index contributed by atoms with van der Waals surface area (Å²) in [4.78, 5) is 81.1. The third kappa shape index (κ3) is 19.4. The maximum atomic E-state index is 14.0. The number of nitrogens with one attached hydrogen (secondary N) is 6. The quantitative estimate of drug-likeness (QED) is 0.0429. The Morgan fingerprint density at radius 2 is 1.34 bits per heavy atom. The number of rotatable bonds is 21. The Balaban J connectivity index is 1.22. The minimum Gasteiger partial charge on any atom is -0.491 e. The van der Waals surface area contributed by atoms with Gasteiger partial charge in [0, 0.05) is 38.0 Å². The number of nitrogens with zero attached hydrogens (tertiary/aromatic N) is 1. The molecule has 86 heavy (non-hydrogen) atoms. The predicted molar refractivity (Wildman–Crippen MR) is 314 cm³/mol. The van der Waals surface area contributed by atoms with Crippen molar-refractivity contribution in [2.75, 3.05) is 46.4 Å². The molecule has 0 aromatic heterocycles. The number of likely N-dealkylation sites (N-methyl/N-ethyl adjacent to an activating group) is 1. The van der Waals surface area contributed by atoms with E-state index in [-0.39, 0.29) is 50.6 Å². The van der Waals surface area contributed by atoms with Crippen molar-refractivity contribution in [3.05, 3.63) is 83.8 Å². The molecule has 2 fully saturated rings. The van der Waals surface area contributed by atoms with Crippen molar-refractivity contribution in [1.82, 2.24) is 36.8 Å². The monoisotopic (exact) mass is 1210 g/mol. The van der Waals surface area contributed by atoms with Gasteiger partial charge in [-0.3, -0.25) is 4.79 Å². The minimum absolute atomic E-state index is 0.0716. The van der Waals surface area contributed by atoms with Gasteiger partial charge in [0.2, 0.25) is 5.91 Å². The average molecular weight is 1210 g/mol. The van der Waals surface area contributed by atoms with Gasteiger partial charge in [-0.1, -0.05) is 55.1 Å². The van der Waals surface area contributed by atoms with Gasteiger partial charge in [-0.05, 0) is 143 Å². The van der Waals surface area contributed by atoms with Gasteiger partial charge < -0.3 is 95.1 Å². The van der Waals surface area contributed by atoms with Crippen molar-refractivity contribution < 1.29 is 87.1 Å². The van der Waals surface area contributed by atoms with Crippen LogP contribution in [0.1, 0.15) is 125 Å². The van der Waals surface area contributed by atoms with E-state index in [0.29, 0.717) is 31.7 Å². The molecule has 1 unspecified atom stereocenters. The third-order valence-corrected chi connectivity index (χ3v) is 14.6. The van der Waals surface area contributed by atoms with Crippen molar-refractivity contribution in [3.8, 4) is 11.1 Å². The normalized spacial score (nSPS) is 25.9. The summed E-state index contributed by atoms with van der Waals surface area (Å²) in [5.41, 5.74) is -0.224. The number of carbonyl (C=O) groups is 6. The zero-order valence-corrected chi connectivity index (χ0v) is 51.6. The van der Waals surface area contributed by atoms with Crippen molar-refractivity contribution in [1.29, 1.82) is 0 Å². The molecule has 2 aliphatic carbocycles. The Morgan fingerprint density at radius 1 is 0.756 bits per heavy atom. The molecule has 2 aliphatic heterocycles. The lowest BCUT2D eigenvalue weighted by atomic mass is 9.72. The zero-order valence-electron chi connectivity index (χ0n) is 51.6. The van der Waals surface area contributed by atoms with E-state index in [1.54, 1.807) is 68.4 Å². The maximum absolute atomic E-state index is 14.0. The second kappa shape index (κ2) is 29.3. The number of ether oxygens (including phenoxy) is 8. The first-order valence-electron chi connectivity index (χ1n) is 29.3. The summed E-state index contributed by atoms with van der Waals surface area (Å²) in [6.07, 6.45) is -11.6. The molecule has 12 atom stereocenters. The highest BCUT2D eigenvalue weighted by atomic mass is 16.7. The van der Waals surface area contributed by atoms with E-state index in [2.05, 4.69) is 62.7 Å². The van der Waals surface area contributed by atoms with Gasteiger partial charge in [-0.15, -0.1) is 0 Å². The van der Waals surface area contributed by atoms with Crippen LogP contribution in [0, 0.1) is 5.92 Å². The smallest absolute Gasteiger partial charge is 0.412 e. The van der Waals surface area contributed by atoms with Gasteiger partial charge in [0.05, 0.1) is 43.1 Å². The van der Waals surface area contributed by atoms with Crippen molar-refractivity contribution in [2.45, 2.75) is 198 Å². The molecule has 2 aromatic carbocycles. The predicted octanol–water partition coefficient (Wildman–Crippen LogP) is 5.32. The van der Waals surface area contributed by atoms with Crippen molar-refractivity contribution >= 4 is 36.4 Å². The maximum Gasteiger partial charge on any atom is 0.412 e. The molecule has 10 N–H and O–H groups in total. The number of aliphatic hydroxyl groups is 4. The van der Waals surface area contributed by atoms with Gasteiger partial charge in [0.1, 0.15) is 59.2 Å². The van der Waals surface area contributed by atoms with Gasteiger partial charge in [0.15, 0.2) is 6.29 Å². The topological polar surface area (TPSA) is 333 Å². The van der Waals surface area contributed by atoms with E-state index in [1.807, 2.05) is 24.3 Å². The van der Waals surface area contributed by atoms with Crippen LogP contribution in [0.4, 0.5) is 24.0 Å². The molecule has 1 saturated heterocycles. The molecule has 478 valence electrons. The summed E-state index contributed by atoms with van der Waals surface area (Å²) in [6.45, 7) is 21.8. The molecule has 1 saturated carbocycles. The van der Waals surface area contributed by atoms with Crippen LogP contribution in [0.2, 0.25) is 0 Å². The van der Waals surface area contributed by atoms with E-state index < -0.39 is 132 Å². The Kier molecular flexibility index (Phi) is 23.3. The Labute approximate surface area is 503 Å². The molecule has 2 aromatic rings. The number of alkyl carbamates (subject to hydrolysis) is 4. The molecule has 6 rings (SSSR count). The third-order valence-electron chi connectivity index (χ3n) is 14.6. The molecule has 2 heterocycles. The van der Waals surface area contributed by atoms with E-state index in [9.17, 15) is 49.2 Å². The van der Waals surface area contributed by atoms with Crippen LogP contribution in [0.25, 0.3) is 11.1 Å². The average Bonchev–Trinajstić information content (AvgIpc) is 1.24. The second-order valence-corrected chi connectivity index (χ2v) is 25.5. The van der Waals surface area contributed by atoms with Crippen molar-refractivity contribution in [2.24, 2.45) is 5.92 Å². The van der Waals surface area contributed by atoms with E-state index in [4.69, 9.17) is 37.9 Å². The van der Waals surface area contributed by atoms with Gasteiger partial charge in [-0.25, -0.2) is 24.0 Å². The number of benzene rings is 2. The molecule has 0 radical (unpaired) electrons. The summed E-state index contributed by atoms with van der Waals surface area (Å²) in [7, 11) is 1.32. The molecular formula is C61H91N7O18. The number of hydrogen-bond donors (Lipinski definition) is 10. The lowest BCUT2D eigenvalue weighted by Gasteiger charge is -2.52. The van der Waals surface area contributed by atoms with Crippen LogP contribution in [0.3, 0.4) is 0 Å². The number of hydrogen-bond acceptors (Lipinski definition) is 19. The fourth-order valence-electron chi connectivity index (χ4n) is 11.0. The molecule has 4 aliphatic rings. The highest BCUT2D eigenvalue weighted by Gasteiger charge is 2.57. The van der Waals surface area contributed by atoms with Crippen LogP contribution in [-0.2, 0) is 42.7 Å². The first kappa shape index (κ1) is 68.4. The van der Waals surface area contributed by atoms with Gasteiger partial charge in [0.25, 0.3) is 0 Å². The fourth-order valence-corrected chi connectivity index (χ4v) is 11.0. The Hall–Kier alpha value is -6.74. The number of allylic oxidation sites excluding steroid dienone is 1. The van der Waals surface area contributed by atoms with Crippen molar-refractivity contribution in [3.63, 3.8) is 0 Å². The molecule has 0 bridgehead atoms. The highest BCUT2D eigenvalue weighted by molar-refractivity contribution is 5.81. The van der Waals surface area contributed by atoms with Crippen LogP contribution >= 0.6 is 0 Å². The first-order chi connectivity index (χ1) is 40.2. The summed E-state index contributed by atoms with van der Waals surface area (Å²) in [6, 6.07) is 11.2. The number of amides is 6. The van der Waals surface area contributed by atoms with Gasteiger partial charge in [-0.2, -0.15) is 0 Å². The second-order valence-electron chi connectivity index (χ2n) is 25.5. The lowest BCUT2D eigenvalue weighted by Crippen LogP contribution is -2.71. The number of fused-ring (bicyclic) bond motifs is 3. The summed E-state index contributed by atoms with van der Waals surface area (Å²) >= 11 is 0. The zero-order chi connectivity index (χ0) is 63.5. The molecule has 25 nitrogen and oxygen atoms in total. The van der Waals surface area contributed by atoms with Crippen LogP contribution < -0.4 is 31.9 Å². The summed E-state index contributed by atoms with van der Waals surface area (Å²) in [5.74, 6) is -1.88. The SMILES string of the molecule is C=C(C)OC(=O)N[C@@H]1CC=C(CNCCCCNC(=O)OCC2c3ccccc3-c3ccccc32)OC1[C@H]1[C@H](O)[C@@H](O[C@H]2OC[C@](C)(O)[C@H](N(C)C(=O)OC(C)(C)C)[C@H]2O)[C@H](NC(=O)[C@@H](O)CCNC(=O)OC(C)(C)C)C[C@@H]1NC(=O)OC(C)(C)C. The van der Waals surface area contributed by atoms with Crippen LogP contribution in [-0.4, -0.2) is 192 Å². The van der Waals surface area contributed by atoms with E-state index in [0.717, 1.165) is 27.2 Å². The lowest BCUT2D eigenvalue weighted by molar-refractivity contribution is -0.305. The summed E-state index contributed by atoms with van der Waals surface area (Å²) in [5, 5.41) is 65.0. The molecule has 0 spiro atoms. The van der Waals surface area contributed by atoms with Crippen LogP contribution in [0.15, 0.2) is 72.7 Å². The molecule has 25 heteroatoms. The Morgan fingerprint density at radius 3 is 1.95 bits per heavy atom. The fraction of sp³-hybridized carbons (Fsp3) is 0.639. The number of aliphatic hydroxyl groups excluding tert-OH is 3. The largest absolute Gasteiger partial charge is 0.491 e. The highest BCUT2D eigenvalue weighted by Crippen LogP contribution is 2.45. The van der Waals surface area contributed by atoms with Gasteiger partial charge >= 0.3 is 30.5 Å². The standard InChI is InChI=1S/C61H91N7O18/c1-34(2)81-55(75)66-41-25-24-35(31-62-27-18-19-28-63-53(73)79-32-40-38-22-16-14-20-36(38)37-21-15-17-23-39(37)40)82-48(41)45-42(67-56(76)85-59(6,7)8)30-43(65-51(72)44(69)26-29-64-54(74)84-58(3,4)5)49(46(45)70)83-52-47(71)50(61(12,78)33-80-52)68(13)57(77)86-60(9,10)11/h14-17,20-24,40-50,52,62,69-71,78H,1,18-19,25-33H2,2-13H3,(H,63,73)(H,64,74)(H,65,72)(H,66,75)(H,67,76)/t41-,42+,43-,44+,45-,46+,47-,48?,49+,50-,52-,61+/m1/s1.